The van der Waals surface area contributed by atoms with E-state index in [1.54, 1.807) is 12.3 Å². The summed E-state index contributed by atoms with van der Waals surface area (Å²) in [5.74, 6) is -1.06. The SMILES string of the molecule is O=C(O)CCCCCCN1C(=O)SC(=Cc2ccc3cccnc3c2)C1=O. The number of pyridine rings is 1. The number of carboxylic acids is 1. The quantitative estimate of drug-likeness (QED) is 0.539. The van der Waals surface area contributed by atoms with E-state index in [9.17, 15) is 14.4 Å². The molecular weight excluding hydrogens is 364 g/mol. The second-order valence-electron chi connectivity index (χ2n) is 6.35. The first kappa shape index (κ1) is 19.1. The molecule has 1 aliphatic heterocycles. The number of carboxylic acid groups (broad SMARTS) is 1. The number of nitrogens with zero attached hydrogens (tertiary/aromatic N) is 2. The first-order chi connectivity index (χ1) is 13.0. The Hall–Kier alpha value is -2.67. The maximum atomic E-state index is 12.5. The molecule has 27 heavy (non-hydrogen) atoms. The highest BCUT2D eigenvalue weighted by Crippen LogP contribution is 2.32. The van der Waals surface area contributed by atoms with Crippen LogP contribution >= 0.6 is 11.8 Å². The summed E-state index contributed by atoms with van der Waals surface area (Å²) < 4.78 is 0. The lowest BCUT2D eigenvalue weighted by Crippen LogP contribution is -2.29. The van der Waals surface area contributed by atoms with Crippen LogP contribution in [0.15, 0.2) is 41.4 Å². The largest absolute Gasteiger partial charge is 0.481 e. The molecule has 1 aliphatic rings. The molecule has 1 fully saturated rings. The molecule has 2 amide bonds. The highest BCUT2D eigenvalue weighted by molar-refractivity contribution is 8.18. The van der Waals surface area contributed by atoms with E-state index in [0.29, 0.717) is 24.3 Å². The van der Waals surface area contributed by atoms with Crippen LogP contribution in [0.4, 0.5) is 4.79 Å². The lowest BCUT2D eigenvalue weighted by Gasteiger charge is -2.11. The number of amides is 2. The van der Waals surface area contributed by atoms with Gasteiger partial charge in [-0.3, -0.25) is 24.3 Å². The first-order valence-corrected chi connectivity index (χ1v) is 9.68. The molecule has 1 N–H and O–H groups in total. The van der Waals surface area contributed by atoms with E-state index >= 15 is 0 Å². The lowest BCUT2D eigenvalue weighted by atomic mass is 10.1. The Kier molecular flexibility index (Phi) is 6.24. The maximum absolute atomic E-state index is 12.5. The molecular formula is C20H20N2O4S. The standard InChI is InChI=1S/C20H20N2O4S/c23-18(24)7-3-1-2-4-11-22-19(25)17(27-20(22)26)13-14-8-9-15-6-5-10-21-16(15)12-14/h5-6,8-10,12-13H,1-4,7,11H2,(H,23,24). The first-order valence-electron chi connectivity index (χ1n) is 8.86. The summed E-state index contributed by atoms with van der Waals surface area (Å²) >= 11 is 0.955. The van der Waals surface area contributed by atoms with Crippen molar-refractivity contribution in [3.05, 3.63) is 47.0 Å². The van der Waals surface area contributed by atoms with E-state index in [1.165, 1.54) is 4.90 Å². The highest BCUT2D eigenvalue weighted by Gasteiger charge is 2.34. The monoisotopic (exact) mass is 384 g/mol. The Bertz CT molecular complexity index is 910. The maximum Gasteiger partial charge on any atom is 0.303 e. The predicted octanol–water partition coefficient (Wildman–Crippen LogP) is 4.31. The van der Waals surface area contributed by atoms with E-state index in [2.05, 4.69) is 4.98 Å². The van der Waals surface area contributed by atoms with Gasteiger partial charge in [0.25, 0.3) is 11.1 Å². The van der Waals surface area contributed by atoms with Crippen LogP contribution < -0.4 is 0 Å². The number of hydrogen-bond acceptors (Lipinski definition) is 5. The van der Waals surface area contributed by atoms with Crippen molar-refractivity contribution in [3.8, 4) is 0 Å². The van der Waals surface area contributed by atoms with Gasteiger partial charge in [-0.1, -0.05) is 31.0 Å². The number of hydrogen-bond donors (Lipinski definition) is 1. The smallest absolute Gasteiger partial charge is 0.303 e. The van der Waals surface area contributed by atoms with Crippen molar-refractivity contribution in [3.63, 3.8) is 0 Å². The number of rotatable bonds is 8. The third-order valence-electron chi connectivity index (χ3n) is 4.32. The summed E-state index contributed by atoms with van der Waals surface area (Å²) in [6, 6.07) is 9.58. The Morgan fingerprint density at radius 1 is 1.15 bits per heavy atom. The molecule has 2 aromatic rings. The molecule has 1 aromatic heterocycles. The number of aromatic nitrogens is 1. The summed E-state index contributed by atoms with van der Waals surface area (Å²) in [4.78, 5) is 41.1. The second kappa shape index (κ2) is 8.81. The predicted molar refractivity (Wildman–Crippen MR) is 105 cm³/mol. The fourth-order valence-corrected chi connectivity index (χ4v) is 3.78. The number of unbranched alkanes of at least 4 members (excludes halogenated alkanes) is 3. The average molecular weight is 384 g/mol. The van der Waals surface area contributed by atoms with Gasteiger partial charge in [0, 0.05) is 24.5 Å². The van der Waals surface area contributed by atoms with Gasteiger partial charge in [-0.15, -0.1) is 0 Å². The Morgan fingerprint density at radius 3 is 2.78 bits per heavy atom. The summed E-state index contributed by atoms with van der Waals surface area (Å²) in [6.45, 7) is 0.369. The minimum atomic E-state index is -0.796. The van der Waals surface area contributed by atoms with Crippen molar-refractivity contribution in [1.29, 1.82) is 0 Å². The van der Waals surface area contributed by atoms with Crippen molar-refractivity contribution in [1.82, 2.24) is 9.88 Å². The van der Waals surface area contributed by atoms with Gasteiger partial charge in [-0.25, -0.2) is 0 Å². The fourth-order valence-electron chi connectivity index (χ4n) is 2.92. The minimum Gasteiger partial charge on any atom is -0.481 e. The third-order valence-corrected chi connectivity index (χ3v) is 5.23. The van der Waals surface area contributed by atoms with Crippen molar-refractivity contribution in [2.75, 3.05) is 6.54 Å². The zero-order valence-corrected chi connectivity index (χ0v) is 15.6. The topological polar surface area (TPSA) is 87.6 Å². The van der Waals surface area contributed by atoms with Gasteiger partial charge in [-0.2, -0.15) is 0 Å². The molecule has 6 nitrogen and oxygen atoms in total. The molecule has 0 bridgehead atoms. The van der Waals surface area contributed by atoms with Gasteiger partial charge in [-0.05, 0) is 48.4 Å². The number of aliphatic carboxylic acids is 1. The normalized spacial score (nSPS) is 15.9. The van der Waals surface area contributed by atoms with Crippen LogP contribution in [0.1, 0.15) is 37.7 Å². The molecule has 0 atom stereocenters. The Morgan fingerprint density at radius 2 is 1.96 bits per heavy atom. The van der Waals surface area contributed by atoms with Crippen LogP contribution in [0.25, 0.3) is 17.0 Å². The number of carbonyl (C=O) groups excluding carboxylic acids is 2. The molecule has 3 rings (SSSR count). The molecule has 0 unspecified atom stereocenters. The summed E-state index contributed by atoms with van der Waals surface area (Å²) in [6.07, 6.45) is 6.48. The molecule has 0 radical (unpaired) electrons. The molecule has 1 saturated heterocycles. The van der Waals surface area contributed by atoms with Gasteiger partial charge >= 0.3 is 5.97 Å². The van der Waals surface area contributed by atoms with Crippen molar-refractivity contribution < 1.29 is 19.5 Å². The Labute approximate surface area is 161 Å². The van der Waals surface area contributed by atoms with E-state index in [4.69, 9.17) is 5.11 Å². The fraction of sp³-hybridized carbons (Fsp3) is 0.300. The summed E-state index contributed by atoms with van der Waals surface area (Å²) in [5, 5.41) is 9.38. The van der Waals surface area contributed by atoms with E-state index < -0.39 is 5.97 Å². The molecule has 2 heterocycles. The molecule has 1 aromatic carbocycles. The van der Waals surface area contributed by atoms with Crippen LogP contribution in [0.2, 0.25) is 0 Å². The number of imide groups is 1. The van der Waals surface area contributed by atoms with Crippen LogP contribution in [0, 0.1) is 0 Å². The van der Waals surface area contributed by atoms with Gasteiger partial charge in [0.2, 0.25) is 0 Å². The lowest BCUT2D eigenvalue weighted by molar-refractivity contribution is -0.137. The van der Waals surface area contributed by atoms with Gasteiger partial charge < -0.3 is 5.11 Å². The van der Waals surface area contributed by atoms with Gasteiger partial charge in [0.15, 0.2) is 0 Å². The van der Waals surface area contributed by atoms with E-state index in [1.807, 2.05) is 30.3 Å². The molecule has 140 valence electrons. The van der Waals surface area contributed by atoms with Crippen LogP contribution in [-0.4, -0.2) is 38.7 Å². The molecule has 0 aliphatic carbocycles. The van der Waals surface area contributed by atoms with E-state index in [0.717, 1.165) is 41.1 Å². The van der Waals surface area contributed by atoms with Crippen LogP contribution in [-0.2, 0) is 9.59 Å². The van der Waals surface area contributed by atoms with Crippen molar-refractivity contribution in [2.45, 2.75) is 32.1 Å². The zero-order valence-electron chi connectivity index (χ0n) is 14.8. The molecule has 0 spiro atoms. The van der Waals surface area contributed by atoms with Crippen LogP contribution in [0.5, 0.6) is 0 Å². The minimum absolute atomic E-state index is 0.158. The second-order valence-corrected chi connectivity index (χ2v) is 7.34. The van der Waals surface area contributed by atoms with Gasteiger partial charge in [0.1, 0.15) is 0 Å². The van der Waals surface area contributed by atoms with E-state index in [-0.39, 0.29) is 17.6 Å². The Balaban J connectivity index is 1.59. The average Bonchev–Trinajstić information content (AvgIpc) is 2.91. The van der Waals surface area contributed by atoms with Crippen molar-refractivity contribution in [2.24, 2.45) is 0 Å². The number of benzene rings is 1. The highest BCUT2D eigenvalue weighted by atomic mass is 32.2. The summed E-state index contributed by atoms with van der Waals surface area (Å²) in [5.41, 5.74) is 1.67. The number of thioether (sulfide) groups is 1. The molecule has 7 heteroatoms. The molecule has 0 saturated carbocycles. The third kappa shape index (κ3) is 4.95. The number of carbonyl (C=O) groups is 3. The number of fused-ring (bicyclic) bond motifs is 1. The summed E-state index contributed by atoms with van der Waals surface area (Å²) in [7, 11) is 0. The zero-order chi connectivity index (χ0) is 19.2. The van der Waals surface area contributed by atoms with Crippen LogP contribution in [0.3, 0.4) is 0 Å². The van der Waals surface area contributed by atoms with Gasteiger partial charge in [0.05, 0.1) is 10.4 Å². The van der Waals surface area contributed by atoms with Crippen molar-refractivity contribution >= 4 is 45.9 Å².